The van der Waals surface area contributed by atoms with Crippen LogP contribution in [0.15, 0.2) is 34.6 Å². The molecule has 4 N–H and O–H groups in total. The zero-order chi connectivity index (χ0) is 21.2. The lowest BCUT2D eigenvalue weighted by molar-refractivity contribution is -0.121. The summed E-state index contributed by atoms with van der Waals surface area (Å²) >= 11 is 1.59. The van der Waals surface area contributed by atoms with Crippen molar-refractivity contribution in [2.24, 2.45) is 5.92 Å². The SMILES string of the molecule is C=C(CCC(=O)NC(CNC)CC1CCCCC1)Sc1cc(C(C)C)ccc1N. The number of nitrogen functional groups attached to an aromatic ring is 1. The van der Waals surface area contributed by atoms with Crippen LogP contribution in [-0.2, 0) is 4.79 Å². The second-order valence-corrected chi connectivity index (χ2v) is 9.88. The quantitative estimate of drug-likeness (QED) is 0.331. The van der Waals surface area contributed by atoms with Gasteiger partial charge in [0.15, 0.2) is 0 Å². The molecule has 0 spiro atoms. The maximum absolute atomic E-state index is 12.5. The molecule has 0 radical (unpaired) electrons. The summed E-state index contributed by atoms with van der Waals surface area (Å²) < 4.78 is 0. The van der Waals surface area contributed by atoms with E-state index < -0.39 is 0 Å². The molecule has 1 aliphatic rings. The Morgan fingerprint density at radius 2 is 1.97 bits per heavy atom. The first-order valence-corrected chi connectivity index (χ1v) is 11.9. The van der Waals surface area contributed by atoms with Gasteiger partial charge < -0.3 is 16.4 Å². The van der Waals surface area contributed by atoms with E-state index in [1.54, 1.807) is 11.8 Å². The molecule has 5 heteroatoms. The number of carbonyl (C=O) groups is 1. The van der Waals surface area contributed by atoms with Crippen molar-refractivity contribution in [3.05, 3.63) is 35.2 Å². The van der Waals surface area contributed by atoms with Crippen molar-refractivity contribution in [3.8, 4) is 0 Å². The van der Waals surface area contributed by atoms with E-state index in [1.807, 2.05) is 13.1 Å². The van der Waals surface area contributed by atoms with Crippen molar-refractivity contribution in [2.75, 3.05) is 19.3 Å². The molecular weight excluding hydrogens is 378 g/mol. The van der Waals surface area contributed by atoms with Crippen LogP contribution in [0, 0.1) is 5.92 Å². The molecule has 1 aliphatic carbocycles. The number of amides is 1. The minimum atomic E-state index is 0.117. The Kier molecular flexibility index (Phi) is 10.1. The Labute approximate surface area is 181 Å². The first kappa shape index (κ1) is 23.8. The molecule has 4 nitrogen and oxygen atoms in total. The van der Waals surface area contributed by atoms with E-state index in [1.165, 1.54) is 37.7 Å². The fourth-order valence-corrected chi connectivity index (χ4v) is 4.92. The van der Waals surface area contributed by atoms with E-state index >= 15 is 0 Å². The van der Waals surface area contributed by atoms with E-state index in [-0.39, 0.29) is 11.9 Å². The summed E-state index contributed by atoms with van der Waals surface area (Å²) in [4.78, 5) is 14.5. The lowest BCUT2D eigenvalue weighted by Gasteiger charge is -2.27. The third-order valence-corrected chi connectivity index (χ3v) is 6.81. The number of hydrogen-bond acceptors (Lipinski definition) is 4. The molecule has 1 amide bonds. The number of thioether (sulfide) groups is 1. The molecule has 0 heterocycles. The van der Waals surface area contributed by atoms with Crippen LogP contribution in [0.4, 0.5) is 5.69 Å². The highest BCUT2D eigenvalue weighted by Crippen LogP contribution is 2.34. The molecule has 29 heavy (non-hydrogen) atoms. The second-order valence-electron chi connectivity index (χ2n) is 8.65. The van der Waals surface area contributed by atoms with E-state index in [4.69, 9.17) is 5.73 Å². The van der Waals surface area contributed by atoms with Crippen molar-refractivity contribution in [1.82, 2.24) is 10.6 Å². The Morgan fingerprint density at radius 1 is 1.24 bits per heavy atom. The summed E-state index contributed by atoms with van der Waals surface area (Å²) in [5, 5.41) is 6.47. The van der Waals surface area contributed by atoms with Crippen molar-refractivity contribution in [2.45, 2.75) is 82.1 Å². The monoisotopic (exact) mass is 417 g/mol. The van der Waals surface area contributed by atoms with Crippen LogP contribution < -0.4 is 16.4 Å². The molecule has 1 aromatic rings. The van der Waals surface area contributed by atoms with Gasteiger partial charge in [-0.2, -0.15) is 0 Å². The van der Waals surface area contributed by atoms with E-state index in [0.29, 0.717) is 18.8 Å². The molecule has 162 valence electrons. The average Bonchev–Trinajstić information content (AvgIpc) is 2.69. The Hall–Kier alpha value is -1.46. The highest BCUT2D eigenvalue weighted by atomic mass is 32.2. The van der Waals surface area contributed by atoms with Gasteiger partial charge in [-0.25, -0.2) is 0 Å². The Bertz CT molecular complexity index is 668. The van der Waals surface area contributed by atoms with Gasteiger partial charge in [-0.3, -0.25) is 4.79 Å². The number of nitrogens with two attached hydrogens (primary N) is 1. The average molecular weight is 418 g/mol. The topological polar surface area (TPSA) is 67.2 Å². The predicted molar refractivity (Wildman–Crippen MR) is 126 cm³/mol. The van der Waals surface area contributed by atoms with Crippen molar-refractivity contribution < 1.29 is 4.79 Å². The zero-order valence-electron chi connectivity index (χ0n) is 18.4. The van der Waals surface area contributed by atoms with Gasteiger partial charge in [-0.1, -0.05) is 70.4 Å². The van der Waals surface area contributed by atoms with Crippen LogP contribution in [0.25, 0.3) is 0 Å². The van der Waals surface area contributed by atoms with Gasteiger partial charge in [0.25, 0.3) is 0 Å². The normalized spacial score (nSPS) is 16.0. The molecule has 0 bridgehead atoms. The van der Waals surface area contributed by atoms with Crippen molar-refractivity contribution in [3.63, 3.8) is 0 Å². The van der Waals surface area contributed by atoms with Gasteiger partial charge in [0, 0.05) is 29.6 Å². The number of likely N-dealkylation sites (N-methyl/N-ethyl adjacent to an activating group) is 1. The van der Waals surface area contributed by atoms with Crippen LogP contribution >= 0.6 is 11.8 Å². The van der Waals surface area contributed by atoms with Gasteiger partial charge in [-0.05, 0) is 54.3 Å². The van der Waals surface area contributed by atoms with Crippen LogP contribution in [0.3, 0.4) is 0 Å². The molecule has 0 saturated heterocycles. The van der Waals surface area contributed by atoms with Crippen LogP contribution in [0.5, 0.6) is 0 Å². The van der Waals surface area contributed by atoms with Gasteiger partial charge in [0.2, 0.25) is 5.91 Å². The number of nitrogens with one attached hydrogen (secondary N) is 2. The van der Waals surface area contributed by atoms with Crippen LogP contribution in [-0.4, -0.2) is 25.5 Å². The molecule has 1 atom stereocenters. The summed E-state index contributed by atoms with van der Waals surface area (Å²) in [6.07, 6.45) is 8.87. The molecule has 2 rings (SSSR count). The maximum atomic E-state index is 12.5. The van der Waals surface area contributed by atoms with E-state index in [9.17, 15) is 4.79 Å². The number of carbonyl (C=O) groups excluding carboxylic acids is 1. The number of hydrogen-bond donors (Lipinski definition) is 3. The standard InChI is InChI=1S/C24H39N3OS/c1-17(2)20-11-12-22(25)23(15-20)29-18(3)10-13-24(28)27-21(16-26-4)14-19-8-6-5-7-9-19/h11-12,15,17,19,21,26H,3,5-10,13-14,16,25H2,1-2,4H3,(H,27,28). The molecular formula is C24H39N3OS. The highest BCUT2D eigenvalue weighted by molar-refractivity contribution is 8.03. The lowest BCUT2D eigenvalue weighted by atomic mass is 9.84. The Balaban J connectivity index is 1.80. The van der Waals surface area contributed by atoms with E-state index in [2.05, 4.69) is 43.2 Å². The Morgan fingerprint density at radius 3 is 2.62 bits per heavy atom. The fourth-order valence-electron chi connectivity index (χ4n) is 4.02. The summed E-state index contributed by atoms with van der Waals surface area (Å²) in [6, 6.07) is 6.40. The first-order chi connectivity index (χ1) is 13.9. The van der Waals surface area contributed by atoms with Crippen molar-refractivity contribution in [1.29, 1.82) is 0 Å². The summed E-state index contributed by atoms with van der Waals surface area (Å²) in [5.74, 6) is 1.33. The first-order valence-electron chi connectivity index (χ1n) is 11.1. The molecule has 1 saturated carbocycles. The highest BCUT2D eigenvalue weighted by Gasteiger charge is 2.20. The van der Waals surface area contributed by atoms with Crippen LogP contribution in [0.2, 0.25) is 0 Å². The van der Waals surface area contributed by atoms with Gasteiger partial charge in [0.1, 0.15) is 0 Å². The molecule has 1 fully saturated rings. The minimum absolute atomic E-state index is 0.117. The number of benzene rings is 1. The van der Waals surface area contributed by atoms with Gasteiger partial charge in [-0.15, -0.1) is 0 Å². The predicted octanol–water partition coefficient (Wildman–Crippen LogP) is 5.45. The molecule has 0 aliphatic heterocycles. The zero-order valence-corrected chi connectivity index (χ0v) is 19.2. The maximum Gasteiger partial charge on any atom is 0.220 e. The summed E-state index contributed by atoms with van der Waals surface area (Å²) in [7, 11) is 1.95. The second kappa shape index (κ2) is 12.3. The largest absolute Gasteiger partial charge is 0.398 e. The molecule has 1 aromatic carbocycles. The van der Waals surface area contributed by atoms with Gasteiger partial charge >= 0.3 is 0 Å². The minimum Gasteiger partial charge on any atom is -0.398 e. The lowest BCUT2D eigenvalue weighted by Crippen LogP contribution is -2.42. The number of rotatable bonds is 11. The third kappa shape index (κ3) is 8.43. The summed E-state index contributed by atoms with van der Waals surface area (Å²) in [6.45, 7) is 9.34. The number of allylic oxidation sites excluding steroid dienone is 1. The summed E-state index contributed by atoms with van der Waals surface area (Å²) in [5.41, 5.74) is 8.17. The van der Waals surface area contributed by atoms with E-state index in [0.717, 1.165) is 34.4 Å². The third-order valence-electron chi connectivity index (χ3n) is 5.75. The van der Waals surface area contributed by atoms with Gasteiger partial charge in [0.05, 0.1) is 0 Å². The van der Waals surface area contributed by atoms with Crippen LogP contribution in [0.1, 0.15) is 76.7 Å². The molecule has 0 aromatic heterocycles. The molecule has 1 unspecified atom stereocenters. The fraction of sp³-hybridized carbons (Fsp3) is 0.625. The number of anilines is 1. The smallest absolute Gasteiger partial charge is 0.220 e. The van der Waals surface area contributed by atoms with Crippen molar-refractivity contribution >= 4 is 23.4 Å².